The molecule has 4 rings (SSSR count). The number of carbonyl (C=O) groups is 2. The minimum absolute atomic E-state index is 0.0118. The zero-order valence-electron chi connectivity index (χ0n) is 15.5. The molecule has 1 aliphatic rings. The van der Waals surface area contributed by atoms with E-state index >= 15 is 0 Å². The maximum atomic E-state index is 13.9. The normalized spacial score (nSPS) is 14.6. The quantitative estimate of drug-likeness (QED) is 0.423. The van der Waals surface area contributed by atoms with Crippen LogP contribution in [-0.4, -0.2) is 22.8 Å². The lowest BCUT2D eigenvalue weighted by Crippen LogP contribution is -2.22. The van der Waals surface area contributed by atoms with Crippen molar-refractivity contribution in [1.29, 1.82) is 0 Å². The Hall–Kier alpha value is -3.36. The van der Waals surface area contributed by atoms with E-state index in [0.717, 1.165) is 0 Å². The first kappa shape index (κ1) is 19.9. The number of amides is 1. The van der Waals surface area contributed by atoms with E-state index in [1.165, 1.54) is 47.4 Å². The van der Waals surface area contributed by atoms with Gasteiger partial charge in [-0.05, 0) is 36.4 Å². The fourth-order valence-electron chi connectivity index (χ4n) is 2.79. The topological polar surface area (TPSA) is 71.9 Å². The molecule has 0 atom stereocenters. The third kappa shape index (κ3) is 4.00. The van der Waals surface area contributed by atoms with Gasteiger partial charge in [0.25, 0.3) is 0 Å². The number of aromatic nitrogens is 1. The van der Waals surface area contributed by atoms with Crippen LogP contribution < -0.4 is 4.90 Å². The van der Waals surface area contributed by atoms with Crippen molar-refractivity contribution in [2.75, 3.05) is 4.90 Å². The van der Waals surface area contributed by atoms with Crippen LogP contribution in [0.4, 0.5) is 15.2 Å². The van der Waals surface area contributed by atoms with Gasteiger partial charge in [0, 0.05) is 17.3 Å². The first-order chi connectivity index (χ1) is 14.4. The van der Waals surface area contributed by atoms with Gasteiger partial charge in [-0.3, -0.25) is 9.69 Å². The van der Waals surface area contributed by atoms with Crippen LogP contribution in [0.2, 0.25) is 5.02 Å². The number of rotatable bonds is 4. The molecule has 0 unspecified atom stereocenters. The average molecular weight is 442 g/mol. The van der Waals surface area contributed by atoms with Gasteiger partial charge in [0.05, 0.1) is 16.9 Å². The molecular formula is C21H13ClFN3O3S. The minimum Gasteiger partial charge on any atom is -0.402 e. The summed E-state index contributed by atoms with van der Waals surface area (Å²) in [7, 11) is 0. The SMILES string of the molecule is CC(=O)N(c1cccc(Cl)c1)c1nc(/C=C2\N=C(c3ccccc3F)OC2=O)cs1. The second-order valence-corrected chi connectivity index (χ2v) is 7.48. The van der Waals surface area contributed by atoms with Crippen LogP contribution in [0.5, 0.6) is 0 Å². The smallest absolute Gasteiger partial charge is 0.363 e. The van der Waals surface area contributed by atoms with Crippen LogP contribution >= 0.6 is 22.9 Å². The number of carbonyl (C=O) groups excluding carboxylic acids is 2. The van der Waals surface area contributed by atoms with Gasteiger partial charge in [-0.25, -0.2) is 19.2 Å². The Morgan fingerprint density at radius 1 is 1.23 bits per heavy atom. The van der Waals surface area contributed by atoms with E-state index in [-0.39, 0.29) is 23.1 Å². The summed E-state index contributed by atoms with van der Waals surface area (Å²) in [5.41, 5.74) is 1.07. The summed E-state index contributed by atoms with van der Waals surface area (Å²) in [5, 5.41) is 2.56. The number of halogens is 2. The van der Waals surface area contributed by atoms with E-state index in [4.69, 9.17) is 16.3 Å². The number of aliphatic imine (C=N–C) groups is 1. The molecule has 2 aromatic carbocycles. The third-order valence-electron chi connectivity index (χ3n) is 4.09. The lowest BCUT2D eigenvalue weighted by molar-refractivity contribution is -0.130. The highest BCUT2D eigenvalue weighted by molar-refractivity contribution is 7.14. The Kier molecular flexibility index (Phi) is 5.43. The predicted octanol–water partition coefficient (Wildman–Crippen LogP) is 4.96. The van der Waals surface area contributed by atoms with Gasteiger partial charge in [-0.1, -0.05) is 29.8 Å². The Labute approximate surface area is 179 Å². The predicted molar refractivity (Wildman–Crippen MR) is 113 cm³/mol. The van der Waals surface area contributed by atoms with Crippen LogP contribution in [0.25, 0.3) is 6.08 Å². The van der Waals surface area contributed by atoms with Gasteiger partial charge in [0.15, 0.2) is 10.8 Å². The fraction of sp³-hybridized carbons (Fsp3) is 0.0476. The third-order valence-corrected chi connectivity index (χ3v) is 5.17. The van der Waals surface area contributed by atoms with Crippen LogP contribution in [0.15, 0.2) is 64.6 Å². The molecule has 1 aromatic heterocycles. The van der Waals surface area contributed by atoms with E-state index in [9.17, 15) is 14.0 Å². The second-order valence-electron chi connectivity index (χ2n) is 6.21. The number of hydrogen-bond acceptors (Lipinski definition) is 6. The number of hydrogen-bond donors (Lipinski definition) is 0. The standard InChI is InChI=1S/C21H13ClFN3O3S/c1-12(27)26(15-6-4-5-13(22)9-15)21-24-14(11-30-21)10-18-20(28)29-19(25-18)16-7-2-3-8-17(16)23/h2-11H,1H3/b18-10-. The Balaban J connectivity index is 1.65. The number of thiazole rings is 1. The lowest BCUT2D eigenvalue weighted by atomic mass is 10.2. The van der Waals surface area contributed by atoms with E-state index in [1.54, 1.807) is 35.7 Å². The van der Waals surface area contributed by atoms with E-state index in [1.807, 2.05) is 0 Å². The summed E-state index contributed by atoms with van der Waals surface area (Å²) in [4.78, 5) is 34.3. The maximum absolute atomic E-state index is 13.9. The molecule has 3 aromatic rings. The Morgan fingerprint density at radius 2 is 2.03 bits per heavy atom. The first-order valence-corrected chi connectivity index (χ1v) is 9.97. The van der Waals surface area contributed by atoms with E-state index < -0.39 is 11.8 Å². The molecule has 1 amide bonds. The van der Waals surface area contributed by atoms with Crippen LogP contribution in [-0.2, 0) is 14.3 Å². The number of ether oxygens (including phenoxy) is 1. The molecule has 0 spiro atoms. The zero-order chi connectivity index (χ0) is 21.3. The van der Waals surface area contributed by atoms with Crippen molar-refractivity contribution in [3.05, 3.63) is 81.7 Å². The molecule has 2 heterocycles. The molecule has 0 radical (unpaired) electrons. The van der Waals surface area contributed by atoms with Crippen molar-refractivity contribution >= 4 is 57.6 Å². The number of anilines is 2. The largest absolute Gasteiger partial charge is 0.402 e. The van der Waals surface area contributed by atoms with Crippen molar-refractivity contribution in [3.63, 3.8) is 0 Å². The number of esters is 1. The Bertz CT molecular complexity index is 1220. The van der Waals surface area contributed by atoms with Crippen molar-refractivity contribution in [1.82, 2.24) is 4.98 Å². The van der Waals surface area contributed by atoms with Gasteiger partial charge < -0.3 is 4.74 Å². The highest BCUT2D eigenvalue weighted by Crippen LogP contribution is 2.31. The molecule has 0 saturated carbocycles. The number of cyclic esters (lactones) is 1. The molecule has 0 fully saturated rings. The highest BCUT2D eigenvalue weighted by Gasteiger charge is 2.26. The number of nitrogens with zero attached hydrogens (tertiary/aromatic N) is 3. The minimum atomic E-state index is -0.707. The van der Waals surface area contributed by atoms with Gasteiger partial charge in [0.2, 0.25) is 11.8 Å². The van der Waals surface area contributed by atoms with Gasteiger partial charge >= 0.3 is 5.97 Å². The molecule has 9 heteroatoms. The molecule has 0 bridgehead atoms. The molecular weight excluding hydrogens is 429 g/mol. The first-order valence-electron chi connectivity index (χ1n) is 8.71. The maximum Gasteiger partial charge on any atom is 0.363 e. The molecule has 0 saturated heterocycles. The van der Waals surface area contributed by atoms with Crippen molar-refractivity contribution in [2.45, 2.75) is 6.92 Å². The summed E-state index contributed by atoms with van der Waals surface area (Å²) in [6, 6.07) is 12.7. The summed E-state index contributed by atoms with van der Waals surface area (Å²) in [5.74, 6) is -1.60. The van der Waals surface area contributed by atoms with Crippen LogP contribution in [0, 0.1) is 5.82 Å². The molecule has 150 valence electrons. The molecule has 6 nitrogen and oxygen atoms in total. The number of benzene rings is 2. The summed E-state index contributed by atoms with van der Waals surface area (Å²) >= 11 is 7.25. The highest BCUT2D eigenvalue weighted by atomic mass is 35.5. The summed E-state index contributed by atoms with van der Waals surface area (Å²) in [6.07, 6.45) is 1.42. The average Bonchev–Trinajstić information content (AvgIpc) is 3.29. The lowest BCUT2D eigenvalue weighted by Gasteiger charge is -2.18. The monoisotopic (exact) mass is 441 g/mol. The summed E-state index contributed by atoms with van der Waals surface area (Å²) in [6.45, 7) is 1.42. The van der Waals surface area contributed by atoms with E-state index in [0.29, 0.717) is 21.5 Å². The van der Waals surface area contributed by atoms with Crippen LogP contribution in [0.3, 0.4) is 0 Å². The molecule has 30 heavy (non-hydrogen) atoms. The Morgan fingerprint density at radius 3 is 2.77 bits per heavy atom. The van der Waals surface area contributed by atoms with Gasteiger partial charge in [0.1, 0.15) is 5.82 Å². The van der Waals surface area contributed by atoms with Crippen LogP contribution in [0.1, 0.15) is 18.2 Å². The molecule has 0 aliphatic carbocycles. The van der Waals surface area contributed by atoms with Crippen molar-refractivity contribution in [2.24, 2.45) is 4.99 Å². The van der Waals surface area contributed by atoms with Gasteiger partial charge in [-0.15, -0.1) is 11.3 Å². The summed E-state index contributed by atoms with van der Waals surface area (Å²) < 4.78 is 19.0. The van der Waals surface area contributed by atoms with Gasteiger partial charge in [-0.2, -0.15) is 0 Å². The molecule has 1 aliphatic heterocycles. The molecule has 0 N–H and O–H groups in total. The van der Waals surface area contributed by atoms with Crippen molar-refractivity contribution in [3.8, 4) is 0 Å². The fourth-order valence-corrected chi connectivity index (χ4v) is 3.82. The van der Waals surface area contributed by atoms with Crippen molar-refractivity contribution < 1.29 is 18.7 Å². The second kappa shape index (κ2) is 8.17. The zero-order valence-corrected chi connectivity index (χ0v) is 17.1. The van der Waals surface area contributed by atoms with E-state index in [2.05, 4.69) is 9.98 Å².